The summed E-state index contributed by atoms with van der Waals surface area (Å²) in [7, 11) is 0. The minimum atomic E-state index is -0.569. The molecule has 1 amide bonds. The number of halogens is 2. The molecule has 3 nitrogen and oxygen atoms in total. The van der Waals surface area contributed by atoms with Gasteiger partial charge in [0.25, 0.3) is 0 Å². The molecular weight excluding hydrogens is 233 g/mol. The van der Waals surface area contributed by atoms with E-state index in [0.29, 0.717) is 12.0 Å². The van der Waals surface area contributed by atoms with Crippen LogP contribution in [-0.4, -0.2) is 11.7 Å². The fourth-order valence-electron chi connectivity index (χ4n) is 1.66. The summed E-state index contributed by atoms with van der Waals surface area (Å²) >= 11 is 5.56. The molecular formula is C11H9ClFNO2. The maximum atomic E-state index is 12.9. The fourth-order valence-corrected chi connectivity index (χ4v) is 1.84. The first kappa shape index (κ1) is 11.1. The van der Waals surface area contributed by atoms with Gasteiger partial charge < -0.3 is 5.73 Å². The predicted octanol–water partition coefficient (Wildman–Crippen LogP) is 1.78. The third-order valence-corrected chi connectivity index (χ3v) is 2.99. The first-order valence-electron chi connectivity index (χ1n) is 4.79. The number of hydrogen-bond donors (Lipinski definition) is 1. The molecule has 1 aromatic carbocycles. The highest BCUT2D eigenvalue weighted by Crippen LogP contribution is 2.40. The summed E-state index contributed by atoms with van der Waals surface area (Å²) in [6.45, 7) is 0. The minimum absolute atomic E-state index is 0.0953. The first-order valence-corrected chi connectivity index (χ1v) is 5.17. The highest BCUT2D eigenvalue weighted by atomic mass is 35.5. The van der Waals surface area contributed by atoms with Gasteiger partial charge in [-0.25, -0.2) is 4.39 Å². The molecule has 84 valence electrons. The number of Topliss-reactive ketones (excluding diaryl/α,β-unsaturated/α-hetero) is 1. The monoisotopic (exact) mass is 241 g/mol. The molecule has 2 N–H and O–H groups in total. The molecule has 0 spiro atoms. The van der Waals surface area contributed by atoms with Crippen LogP contribution in [0.15, 0.2) is 18.2 Å². The quantitative estimate of drug-likeness (QED) is 0.820. The van der Waals surface area contributed by atoms with Gasteiger partial charge in [-0.15, -0.1) is 0 Å². The summed E-state index contributed by atoms with van der Waals surface area (Å²) in [6, 6.07) is 3.77. The number of ketones is 1. The van der Waals surface area contributed by atoms with Crippen LogP contribution in [0.2, 0.25) is 5.02 Å². The zero-order valence-electron chi connectivity index (χ0n) is 8.24. The van der Waals surface area contributed by atoms with Crippen LogP contribution in [-0.2, 0) is 4.79 Å². The first-order chi connectivity index (χ1) is 7.50. The average Bonchev–Trinajstić information content (AvgIpc) is 3.01. The van der Waals surface area contributed by atoms with Crippen LogP contribution in [0.25, 0.3) is 0 Å². The summed E-state index contributed by atoms with van der Waals surface area (Å²) in [6.07, 6.45) is 0.475. The molecule has 0 unspecified atom stereocenters. The van der Waals surface area contributed by atoms with Crippen LogP contribution in [0.5, 0.6) is 0 Å². The second kappa shape index (κ2) is 3.87. The highest BCUT2D eigenvalue weighted by Gasteiger charge is 2.46. The standard InChI is InChI=1S/C11H9ClFNO2/c12-8-3-5(1-2-9(8)13)10(15)6-4-7(6)11(14)16/h1-3,6-7H,4H2,(H2,14,16)/t6-,7-/m0/s1. The summed E-state index contributed by atoms with van der Waals surface area (Å²) in [4.78, 5) is 22.6. The summed E-state index contributed by atoms with van der Waals surface area (Å²) in [5, 5.41) is -0.0953. The maximum absolute atomic E-state index is 12.9. The van der Waals surface area contributed by atoms with E-state index in [9.17, 15) is 14.0 Å². The lowest BCUT2D eigenvalue weighted by Crippen LogP contribution is -2.16. The van der Waals surface area contributed by atoms with Gasteiger partial charge in [0.15, 0.2) is 5.78 Å². The molecule has 0 heterocycles. The van der Waals surface area contributed by atoms with E-state index in [1.807, 2.05) is 0 Å². The van der Waals surface area contributed by atoms with Crippen molar-refractivity contribution in [1.82, 2.24) is 0 Å². The number of carbonyl (C=O) groups excluding carboxylic acids is 2. The molecule has 1 aliphatic carbocycles. The van der Waals surface area contributed by atoms with Crippen molar-refractivity contribution < 1.29 is 14.0 Å². The van der Waals surface area contributed by atoms with Gasteiger partial charge in [0.1, 0.15) is 5.82 Å². The zero-order chi connectivity index (χ0) is 11.9. The zero-order valence-corrected chi connectivity index (χ0v) is 9.00. The Morgan fingerprint density at radius 1 is 1.38 bits per heavy atom. The van der Waals surface area contributed by atoms with E-state index in [0.717, 1.165) is 6.07 Å². The Balaban J connectivity index is 2.17. The average molecular weight is 242 g/mol. The van der Waals surface area contributed by atoms with E-state index in [1.54, 1.807) is 0 Å². The van der Waals surface area contributed by atoms with Gasteiger partial charge in [0, 0.05) is 17.4 Å². The molecule has 0 aliphatic heterocycles. The lowest BCUT2D eigenvalue weighted by molar-refractivity contribution is -0.119. The van der Waals surface area contributed by atoms with Gasteiger partial charge in [0.05, 0.1) is 5.02 Å². The van der Waals surface area contributed by atoms with Crippen LogP contribution >= 0.6 is 11.6 Å². The van der Waals surface area contributed by atoms with Crippen molar-refractivity contribution in [2.45, 2.75) is 6.42 Å². The van der Waals surface area contributed by atoms with Crippen LogP contribution in [0.1, 0.15) is 16.8 Å². The highest BCUT2D eigenvalue weighted by molar-refractivity contribution is 6.31. The van der Waals surface area contributed by atoms with E-state index < -0.39 is 11.7 Å². The third-order valence-electron chi connectivity index (χ3n) is 2.70. The van der Waals surface area contributed by atoms with E-state index in [4.69, 9.17) is 17.3 Å². The molecule has 0 aromatic heterocycles. The van der Waals surface area contributed by atoms with Gasteiger partial charge >= 0.3 is 0 Å². The molecule has 1 aliphatic rings. The van der Waals surface area contributed by atoms with E-state index >= 15 is 0 Å². The SMILES string of the molecule is NC(=O)[C@H]1C[C@@H]1C(=O)c1ccc(F)c(Cl)c1. The molecule has 16 heavy (non-hydrogen) atoms. The summed E-state index contributed by atoms with van der Waals surface area (Å²) < 4.78 is 12.9. The van der Waals surface area contributed by atoms with Crippen LogP contribution in [0.3, 0.4) is 0 Å². The molecule has 1 fully saturated rings. The number of rotatable bonds is 3. The lowest BCUT2D eigenvalue weighted by atomic mass is 10.1. The molecule has 1 aromatic rings. The normalized spacial score (nSPS) is 22.9. The van der Waals surface area contributed by atoms with Gasteiger partial charge in [-0.1, -0.05) is 11.6 Å². The van der Waals surface area contributed by atoms with Crippen LogP contribution < -0.4 is 5.73 Å². The van der Waals surface area contributed by atoms with E-state index in [1.165, 1.54) is 12.1 Å². The molecule has 2 atom stereocenters. The van der Waals surface area contributed by atoms with Crippen LogP contribution in [0, 0.1) is 17.7 Å². The summed E-state index contributed by atoms with van der Waals surface area (Å²) in [5.74, 6) is -1.98. The van der Waals surface area contributed by atoms with Gasteiger partial charge in [-0.3, -0.25) is 9.59 Å². The topological polar surface area (TPSA) is 60.2 Å². The summed E-state index contributed by atoms with van der Waals surface area (Å²) in [5.41, 5.74) is 5.40. The second-order valence-electron chi connectivity index (χ2n) is 3.84. The molecule has 0 saturated heterocycles. The van der Waals surface area contributed by atoms with Crippen molar-refractivity contribution in [3.8, 4) is 0 Å². The Bertz CT molecular complexity index is 475. The smallest absolute Gasteiger partial charge is 0.221 e. The fraction of sp³-hybridized carbons (Fsp3) is 0.273. The molecule has 0 radical (unpaired) electrons. The van der Waals surface area contributed by atoms with E-state index in [2.05, 4.69) is 0 Å². The molecule has 0 bridgehead atoms. The van der Waals surface area contributed by atoms with Gasteiger partial charge in [-0.05, 0) is 24.6 Å². The number of nitrogens with two attached hydrogens (primary N) is 1. The van der Waals surface area contributed by atoms with Crippen molar-refractivity contribution in [2.75, 3.05) is 0 Å². The van der Waals surface area contributed by atoms with Crippen LogP contribution in [0.4, 0.5) is 4.39 Å². The number of amides is 1. The number of hydrogen-bond acceptors (Lipinski definition) is 2. The lowest BCUT2D eigenvalue weighted by Gasteiger charge is -2.00. The van der Waals surface area contributed by atoms with Crippen molar-refractivity contribution >= 4 is 23.3 Å². The predicted molar refractivity (Wildman–Crippen MR) is 56.5 cm³/mol. The Labute approximate surface area is 96.4 Å². The molecule has 2 rings (SSSR count). The third kappa shape index (κ3) is 1.93. The Kier molecular flexibility index (Phi) is 2.68. The Hall–Kier alpha value is -1.42. The van der Waals surface area contributed by atoms with E-state index in [-0.39, 0.29) is 22.6 Å². The number of primary amides is 1. The minimum Gasteiger partial charge on any atom is -0.369 e. The van der Waals surface area contributed by atoms with Gasteiger partial charge in [0.2, 0.25) is 5.91 Å². The number of benzene rings is 1. The molecule has 1 saturated carbocycles. The van der Waals surface area contributed by atoms with Crippen molar-refractivity contribution in [3.05, 3.63) is 34.6 Å². The Morgan fingerprint density at radius 3 is 2.56 bits per heavy atom. The maximum Gasteiger partial charge on any atom is 0.221 e. The Morgan fingerprint density at radius 2 is 2.06 bits per heavy atom. The van der Waals surface area contributed by atoms with Crippen molar-refractivity contribution in [3.63, 3.8) is 0 Å². The van der Waals surface area contributed by atoms with Crippen molar-refractivity contribution in [2.24, 2.45) is 17.6 Å². The molecule has 5 heteroatoms. The van der Waals surface area contributed by atoms with Crippen molar-refractivity contribution in [1.29, 1.82) is 0 Å². The second-order valence-corrected chi connectivity index (χ2v) is 4.25. The number of carbonyl (C=O) groups is 2. The largest absolute Gasteiger partial charge is 0.369 e. The van der Waals surface area contributed by atoms with Gasteiger partial charge in [-0.2, -0.15) is 0 Å².